The van der Waals surface area contributed by atoms with Crippen LogP contribution in [0.25, 0.3) is 0 Å². The second-order valence-corrected chi connectivity index (χ2v) is 8.46. The van der Waals surface area contributed by atoms with Crippen molar-refractivity contribution >= 4 is 29.1 Å². The van der Waals surface area contributed by atoms with Crippen molar-refractivity contribution in [1.82, 2.24) is 15.5 Å². The number of carbonyl (C=O) groups is 2. The maximum atomic E-state index is 14.2. The normalized spacial score (nSPS) is 15.1. The first-order valence-electron chi connectivity index (χ1n) is 11.1. The van der Waals surface area contributed by atoms with Gasteiger partial charge in [-0.1, -0.05) is 35.9 Å². The molecule has 4 rings (SSSR count). The monoisotopic (exact) mass is 484 g/mol. The Morgan fingerprint density at radius 1 is 0.941 bits per heavy atom. The van der Waals surface area contributed by atoms with Gasteiger partial charge in [-0.2, -0.15) is 0 Å². The summed E-state index contributed by atoms with van der Waals surface area (Å²) in [4.78, 5) is 28.8. The number of furan rings is 1. The molecule has 2 N–H and O–H groups in total. The number of anilines is 1. The summed E-state index contributed by atoms with van der Waals surface area (Å²) in [6, 6.07) is 17.2. The molecule has 0 unspecified atom stereocenters. The molecule has 2 heterocycles. The third-order valence-corrected chi connectivity index (χ3v) is 6.10. The molecule has 178 valence electrons. The minimum atomic E-state index is -0.712. The number of halogens is 2. The second kappa shape index (κ2) is 11.2. The van der Waals surface area contributed by atoms with Gasteiger partial charge in [-0.25, -0.2) is 4.39 Å². The average molecular weight is 485 g/mol. The van der Waals surface area contributed by atoms with Crippen molar-refractivity contribution in [2.45, 2.75) is 12.6 Å². The number of amides is 2. The van der Waals surface area contributed by atoms with E-state index in [1.165, 1.54) is 6.07 Å². The smallest absolute Gasteiger partial charge is 0.309 e. The summed E-state index contributed by atoms with van der Waals surface area (Å²) in [6.07, 6.45) is 1.58. The highest BCUT2D eigenvalue weighted by atomic mass is 35.5. The zero-order valence-electron chi connectivity index (χ0n) is 18.5. The van der Waals surface area contributed by atoms with E-state index in [-0.39, 0.29) is 24.9 Å². The van der Waals surface area contributed by atoms with Crippen LogP contribution < -0.4 is 15.5 Å². The van der Waals surface area contributed by atoms with Crippen molar-refractivity contribution in [1.29, 1.82) is 0 Å². The van der Waals surface area contributed by atoms with E-state index in [0.717, 1.165) is 5.56 Å². The summed E-state index contributed by atoms with van der Waals surface area (Å²) in [7, 11) is 0. The Bertz CT molecular complexity index is 1100. The third-order valence-electron chi connectivity index (χ3n) is 5.85. The second-order valence-electron chi connectivity index (χ2n) is 8.02. The zero-order valence-corrected chi connectivity index (χ0v) is 19.3. The number of para-hydroxylation sites is 1. The molecule has 2 amide bonds. The van der Waals surface area contributed by atoms with E-state index in [4.69, 9.17) is 16.0 Å². The van der Waals surface area contributed by atoms with Gasteiger partial charge in [0.1, 0.15) is 11.6 Å². The van der Waals surface area contributed by atoms with Gasteiger partial charge in [0.2, 0.25) is 0 Å². The molecule has 9 heteroatoms. The Kier molecular flexibility index (Phi) is 7.82. The topological polar surface area (TPSA) is 77.8 Å². The van der Waals surface area contributed by atoms with Gasteiger partial charge < -0.3 is 20.0 Å². The summed E-state index contributed by atoms with van der Waals surface area (Å²) in [6.45, 7) is 3.00. The number of benzene rings is 2. The molecule has 0 spiro atoms. The Balaban J connectivity index is 1.32. The molecule has 3 aromatic rings. The van der Waals surface area contributed by atoms with E-state index in [0.29, 0.717) is 42.6 Å². The maximum Gasteiger partial charge on any atom is 0.309 e. The molecule has 1 fully saturated rings. The molecular formula is C25H26ClFN4O3. The molecule has 2 aromatic carbocycles. The first-order valence-corrected chi connectivity index (χ1v) is 11.5. The number of rotatable bonds is 7. The molecule has 1 aliphatic heterocycles. The molecule has 34 heavy (non-hydrogen) atoms. The fourth-order valence-electron chi connectivity index (χ4n) is 4.01. The first kappa shape index (κ1) is 23.8. The maximum absolute atomic E-state index is 14.2. The van der Waals surface area contributed by atoms with Gasteiger partial charge in [0.15, 0.2) is 0 Å². The van der Waals surface area contributed by atoms with Crippen LogP contribution in [0.5, 0.6) is 0 Å². The minimum Gasteiger partial charge on any atom is -0.468 e. The van der Waals surface area contributed by atoms with Crippen LogP contribution in [0.1, 0.15) is 17.4 Å². The predicted octanol–water partition coefficient (Wildman–Crippen LogP) is 3.37. The number of nitrogens with one attached hydrogen (secondary N) is 2. The van der Waals surface area contributed by atoms with Gasteiger partial charge in [0.05, 0.1) is 18.0 Å². The SMILES string of the molecule is O=C(NCc1ccc(Cl)cc1)C(=O)NC[C@H](c1ccco1)N1CCN(c2ccccc2F)CC1. The summed E-state index contributed by atoms with van der Waals surface area (Å²) in [5.41, 5.74) is 1.43. The molecule has 1 aromatic heterocycles. The van der Waals surface area contributed by atoms with Crippen LogP contribution in [0.3, 0.4) is 0 Å². The van der Waals surface area contributed by atoms with Gasteiger partial charge in [0.25, 0.3) is 0 Å². The quantitative estimate of drug-likeness (QED) is 0.503. The van der Waals surface area contributed by atoms with Crippen LogP contribution in [-0.4, -0.2) is 49.4 Å². The van der Waals surface area contributed by atoms with E-state index in [1.54, 1.807) is 48.7 Å². The number of nitrogens with zero attached hydrogens (tertiary/aromatic N) is 2. The summed E-state index contributed by atoms with van der Waals surface area (Å²) in [5, 5.41) is 5.93. The third kappa shape index (κ3) is 5.95. The molecule has 1 aliphatic rings. The van der Waals surface area contributed by atoms with Crippen molar-refractivity contribution in [3.63, 3.8) is 0 Å². The van der Waals surface area contributed by atoms with Crippen molar-refractivity contribution in [2.75, 3.05) is 37.6 Å². The Morgan fingerprint density at radius 3 is 2.32 bits per heavy atom. The summed E-state index contributed by atoms with van der Waals surface area (Å²) in [5.74, 6) is -0.968. The van der Waals surface area contributed by atoms with Crippen LogP contribution in [0, 0.1) is 5.82 Å². The molecular weight excluding hydrogens is 459 g/mol. The van der Waals surface area contributed by atoms with Gasteiger partial charge in [-0.3, -0.25) is 14.5 Å². The molecule has 0 radical (unpaired) electrons. The lowest BCUT2D eigenvalue weighted by Gasteiger charge is -2.39. The van der Waals surface area contributed by atoms with Crippen molar-refractivity contribution in [2.24, 2.45) is 0 Å². The highest BCUT2D eigenvalue weighted by Gasteiger charge is 2.28. The standard InChI is InChI=1S/C25H26ClFN4O3/c26-19-9-7-18(8-10-19)16-28-24(32)25(33)29-17-22(23-6-3-15-34-23)31-13-11-30(12-14-31)21-5-2-1-4-20(21)27/h1-10,15,22H,11-14,16-17H2,(H,28,32)(H,29,33)/t22-/m1/s1. The molecule has 7 nitrogen and oxygen atoms in total. The van der Waals surface area contributed by atoms with Crippen LogP contribution >= 0.6 is 11.6 Å². The van der Waals surface area contributed by atoms with E-state index in [9.17, 15) is 14.0 Å². The fraction of sp³-hybridized carbons (Fsp3) is 0.280. The number of hydrogen-bond acceptors (Lipinski definition) is 5. The molecule has 0 bridgehead atoms. The van der Waals surface area contributed by atoms with Crippen molar-refractivity contribution in [3.8, 4) is 0 Å². The zero-order chi connectivity index (χ0) is 23.9. The van der Waals surface area contributed by atoms with Gasteiger partial charge in [0, 0.05) is 44.3 Å². The molecule has 1 atom stereocenters. The predicted molar refractivity (Wildman–Crippen MR) is 128 cm³/mol. The van der Waals surface area contributed by atoms with E-state index in [1.807, 2.05) is 17.0 Å². The Hall–Kier alpha value is -3.36. The lowest BCUT2D eigenvalue weighted by atomic mass is 10.1. The van der Waals surface area contributed by atoms with Gasteiger partial charge in [-0.05, 0) is 42.0 Å². The molecule has 1 saturated heterocycles. The number of hydrogen-bond donors (Lipinski definition) is 2. The van der Waals surface area contributed by atoms with E-state index in [2.05, 4.69) is 15.5 Å². The largest absolute Gasteiger partial charge is 0.468 e. The van der Waals surface area contributed by atoms with Crippen molar-refractivity contribution < 1.29 is 18.4 Å². The number of piperazine rings is 1. The minimum absolute atomic E-state index is 0.209. The van der Waals surface area contributed by atoms with Crippen LogP contribution in [0.4, 0.5) is 10.1 Å². The fourth-order valence-corrected chi connectivity index (χ4v) is 4.13. The van der Waals surface area contributed by atoms with Gasteiger partial charge >= 0.3 is 11.8 Å². The summed E-state index contributed by atoms with van der Waals surface area (Å²) >= 11 is 5.87. The van der Waals surface area contributed by atoms with Crippen molar-refractivity contribution in [3.05, 3.63) is 89.1 Å². The van der Waals surface area contributed by atoms with Gasteiger partial charge in [-0.15, -0.1) is 0 Å². The summed E-state index contributed by atoms with van der Waals surface area (Å²) < 4.78 is 19.8. The van der Waals surface area contributed by atoms with Crippen LogP contribution in [0.15, 0.2) is 71.3 Å². The first-order chi connectivity index (χ1) is 16.5. The average Bonchev–Trinajstić information content (AvgIpc) is 3.39. The lowest BCUT2D eigenvalue weighted by molar-refractivity contribution is -0.139. The molecule has 0 aliphatic carbocycles. The highest BCUT2D eigenvalue weighted by Crippen LogP contribution is 2.25. The Labute approximate surface area is 202 Å². The Morgan fingerprint density at radius 2 is 1.65 bits per heavy atom. The van der Waals surface area contributed by atoms with E-state index < -0.39 is 11.8 Å². The van der Waals surface area contributed by atoms with E-state index >= 15 is 0 Å². The van der Waals surface area contributed by atoms with Crippen LogP contribution in [-0.2, 0) is 16.1 Å². The molecule has 0 saturated carbocycles. The van der Waals surface area contributed by atoms with Crippen LogP contribution in [0.2, 0.25) is 5.02 Å². The highest BCUT2D eigenvalue weighted by molar-refractivity contribution is 6.35. The lowest BCUT2D eigenvalue weighted by Crippen LogP contribution is -2.51. The number of carbonyl (C=O) groups excluding carboxylic acids is 2.